The van der Waals surface area contributed by atoms with Gasteiger partial charge < -0.3 is 4.74 Å². The van der Waals surface area contributed by atoms with E-state index in [0.29, 0.717) is 16.5 Å². The van der Waals surface area contributed by atoms with Gasteiger partial charge in [-0.25, -0.2) is 0 Å². The molecule has 4 heteroatoms. The second kappa shape index (κ2) is 6.78. The molecule has 2 nitrogen and oxygen atoms in total. The molecule has 0 aliphatic heterocycles. The standard InChI is InChI=1S/C16H14Cl2O2/c1-20-16(19)14(9-11-5-3-2-4-6-11)13-8-7-12(17)10-15(13)18/h2-8,10,14H,9H2,1H3/t14-/m1/s1. The summed E-state index contributed by atoms with van der Waals surface area (Å²) in [5.74, 6) is -0.745. The molecule has 0 fully saturated rings. The fraction of sp³-hybridized carbons (Fsp3) is 0.188. The zero-order valence-corrected chi connectivity index (χ0v) is 12.5. The van der Waals surface area contributed by atoms with Crippen molar-refractivity contribution in [2.75, 3.05) is 7.11 Å². The maximum absolute atomic E-state index is 12.0. The van der Waals surface area contributed by atoms with Gasteiger partial charge in [-0.1, -0.05) is 59.6 Å². The van der Waals surface area contributed by atoms with Gasteiger partial charge in [-0.15, -0.1) is 0 Å². The highest BCUT2D eigenvalue weighted by Gasteiger charge is 2.24. The molecule has 2 aromatic rings. The van der Waals surface area contributed by atoms with Crippen LogP contribution < -0.4 is 0 Å². The molecular weight excluding hydrogens is 295 g/mol. The maximum Gasteiger partial charge on any atom is 0.313 e. The summed E-state index contributed by atoms with van der Waals surface area (Å²) in [4.78, 5) is 12.0. The molecule has 0 spiro atoms. The van der Waals surface area contributed by atoms with E-state index in [1.165, 1.54) is 7.11 Å². The first-order valence-electron chi connectivity index (χ1n) is 6.18. The molecule has 0 saturated carbocycles. The molecule has 0 aromatic heterocycles. The van der Waals surface area contributed by atoms with Gasteiger partial charge >= 0.3 is 5.97 Å². The smallest absolute Gasteiger partial charge is 0.313 e. The monoisotopic (exact) mass is 308 g/mol. The number of ether oxygens (including phenoxy) is 1. The van der Waals surface area contributed by atoms with Crippen LogP contribution in [-0.4, -0.2) is 13.1 Å². The number of hydrogen-bond donors (Lipinski definition) is 0. The Morgan fingerprint density at radius 2 is 1.85 bits per heavy atom. The molecule has 2 aromatic carbocycles. The molecular formula is C16H14Cl2O2. The average Bonchev–Trinajstić information content (AvgIpc) is 2.46. The number of methoxy groups -OCH3 is 1. The number of esters is 1. The molecule has 0 heterocycles. The predicted molar refractivity (Wildman–Crippen MR) is 81.4 cm³/mol. The van der Waals surface area contributed by atoms with Crippen LogP contribution in [0.4, 0.5) is 0 Å². The topological polar surface area (TPSA) is 26.3 Å². The predicted octanol–water partition coefficient (Wildman–Crippen LogP) is 4.49. The van der Waals surface area contributed by atoms with Gasteiger partial charge in [0.05, 0.1) is 13.0 Å². The van der Waals surface area contributed by atoms with E-state index >= 15 is 0 Å². The van der Waals surface area contributed by atoms with Crippen molar-refractivity contribution < 1.29 is 9.53 Å². The number of carbonyl (C=O) groups is 1. The molecule has 1 atom stereocenters. The lowest BCUT2D eigenvalue weighted by Crippen LogP contribution is -2.17. The molecule has 0 N–H and O–H groups in total. The lowest BCUT2D eigenvalue weighted by Gasteiger charge is -2.16. The Balaban J connectivity index is 2.35. The number of hydrogen-bond acceptors (Lipinski definition) is 2. The Kier molecular flexibility index (Phi) is 5.05. The quantitative estimate of drug-likeness (QED) is 0.778. The van der Waals surface area contributed by atoms with E-state index in [1.54, 1.807) is 18.2 Å². The van der Waals surface area contributed by atoms with Crippen LogP contribution in [0.5, 0.6) is 0 Å². The lowest BCUT2D eigenvalue weighted by molar-refractivity contribution is -0.142. The van der Waals surface area contributed by atoms with Crippen LogP contribution in [0.1, 0.15) is 17.0 Å². The first-order chi connectivity index (χ1) is 9.61. The Labute approximate surface area is 128 Å². The van der Waals surface area contributed by atoms with Gasteiger partial charge in [0, 0.05) is 10.0 Å². The van der Waals surface area contributed by atoms with E-state index in [-0.39, 0.29) is 5.97 Å². The average molecular weight is 309 g/mol. The summed E-state index contributed by atoms with van der Waals surface area (Å²) in [6, 6.07) is 14.9. The number of rotatable bonds is 4. The van der Waals surface area contributed by atoms with E-state index < -0.39 is 5.92 Å². The Morgan fingerprint density at radius 1 is 1.15 bits per heavy atom. The highest BCUT2D eigenvalue weighted by Crippen LogP contribution is 2.30. The van der Waals surface area contributed by atoms with Crippen molar-refractivity contribution in [3.05, 3.63) is 69.7 Å². The molecule has 104 valence electrons. The minimum Gasteiger partial charge on any atom is -0.469 e. The van der Waals surface area contributed by atoms with Crippen LogP contribution in [0, 0.1) is 0 Å². The third-order valence-electron chi connectivity index (χ3n) is 3.11. The van der Waals surface area contributed by atoms with Crippen molar-refractivity contribution in [2.24, 2.45) is 0 Å². The maximum atomic E-state index is 12.0. The first-order valence-corrected chi connectivity index (χ1v) is 6.94. The van der Waals surface area contributed by atoms with Crippen molar-refractivity contribution in [3.63, 3.8) is 0 Å². The summed E-state index contributed by atoms with van der Waals surface area (Å²) in [5.41, 5.74) is 1.78. The van der Waals surface area contributed by atoms with Gasteiger partial charge in [-0.2, -0.15) is 0 Å². The van der Waals surface area contributed by atoms with Crippen molar-refractivity contribution in [1.29, 1.82) is 0 Å². The number of carbonyl (C=O) groups excluding carboxylic acids is 1. The normalized spacial score (nSPS) is 11.9. The largest absolute Gasteiger partial charge is 0.469 e. The van der Waals surface area contributed by atoms with Gasteiger partial charge in [0.1, 0.15) is 0 Å². The molecule has 0 aliphatic carbocycles. The number of benzene rings is 2. The van der Waals surface area contributed by atoms with Gasteiger partial charge in [-0.05, 0) is 29.7 Å². The fourth-order valence-corrected chi connectivity index (χ4v) is 2.64. The molecule has 0 radical (unpaired) electrons. The van der Waals surface area contributed by atoms with Gasteiger partial charge in [0.25, 0.3) is 0 Å². The first kappa shape index (κ1) is 14.9. The minimum atomic E-state index is -0.438. The van der Waals surface area contributed by atoms with Crippen LogP contribution in [0.15, 0.2) is 48.5 Å². The summed E-state index contributed by atoms with van der Waals surface area (Å²) >= 11 is 12.1. The van der Waals surface area contributed by atoms with Crippen molar-refractivity contribution in [3.8, 4) is 0 Å². The minimum absolute atomic E-state index is 0.307. The summed E-state index contributed by atoms with van der Waals surface area (Å²) in [6.07, 6.45) is 0.537. The van der Waals surface area contributed by atoms with E-state index in [1.807, 2.05) is 30.3 Å². The summed E-state index contributed by atoms with van der Waals surface area (Å²) in [5, 5.41) is 1.02. The Morgan fingerprint density at radius 3 is 2.45 bits per heavy atom. The van der Waals surface area contributed by atoms with Crippen LogP contribution in [0.3, 0.4) is 0 Å². The fourth-order valence-electron chi connectivity index (χ4n) is 2.10. The van der Waals surface area contributed by atoms with E-state index in [2.05, 4.69) is 0 Å². The number of halogens is 2. The third kappa shape index (κ3) is 3.53. The van der Waals surface area contributed by atoms with Crippen LogP contribution in [0.2, 0.25) is 10.0 Å². The van der Waals surface area contributed by atoms with Crippen molar-refractivity contribution in [2.45, 2.75) is 12.3 Å². The highest BCUT2D eigenvalue weighted by molar-refractivity contribution is 6.35. The van der Waals surface area contributed by atoms with Gasteiger partial charge in [0.15, 0.2) is 0 Å². The molecule has 0 aliphatic rings. The van der Waals surface area contributed by atoms with E-state index in [9.17, 15) is 4.79 Å². The van der Waals surface area contributed by atoms with E-state index in [4.69, 9.17) is 27.9 Å². The van der Waals surface area contributed by atoms with Gasteiger partial charge in [-0.3, -0.25) is 4.79 Å². The van der Waals surface area contributed by atoms with Crippen LogP contribution >= 0.6 is 23.2 Å². The second-order valence-electron chi connectivity index (χ2n) is 4.43. The molecule has 2 rings (SSSR count). The molecule has 20 heavy (non-hydrogen) atoms. The second-order valence-corrected chi connectivity index (χ2v) is 5.27. The lowest BCUT2D eigenvalue weighted by atomic mass is 9.92. The van der Waals surface area contributed by atoms with Gasteiger partial charge in [0.2, 0.25) is 0 Å². The highest BCUT2D eigenvalue weighted by atomic mass is 35.5. The van der Waals surface area contributed by atoms with Crippen molar-refractivity contribution >= 4 is 29.2 Å². The Bertz CT molecular complexity index is 597. The van der Waals surface area contributed by atoms with Crippen LogP contribution in [0.25, 0.3) is 0 Å². The third-order valence-corrected chi connectivity index (χ3v) is 3.67. The summed E-state index contributed by atoms with van der Waals surface area (Å²) < 4.78 is 4.89. The molecule has 0 bridgehead atoms. The molecule has 0 amide bonds. The zero-order valence-electron chi connectivity index (χ0n) is 11.0. The SMILES string of the molecule is COC(=O)[C@H](Cc1ccccc1)c1ccc(Cl)cc1Cl. The summed E-state index contributed by atoms with van der Waals surface area (Å²) in [7, 11) is 1.38. The summed E-state index contributed by atoms with van der Waals surface area (Å²) in [6.45, 7) is 0. The van der Waals surface area contributed by atoms with Crippen molar-refractivity contribution in [1.82, 2.24) is 0 Å². The van der Waals surface area contributed by atoms with Crippen LogP contribution in [-0.2, 0) is 16.0 Å². The zero-order chi connectivity index (χ0) is 14.5. The molecule has 0 saturated heterocycles. The van der Waals surface area contributed by atoms with E-state index in [0.717, 1.165) is 11.1 Å². The molecule has 0 unspecified atom stereocenters. The Hall–Kier alpha value is -1.51.